The summed E-state index contributed by atoms with van der Waals surface area (Å²) in [6, 6.07) is 17.3. The first-order valence-corrected chi connectivity index (χ1v) is 12.2. The van der Waals surface area contributed by atoms with Crippen molar-refractivity contribution in [1.29, 1.82) is 0 Å². The molecule has 0 amide bonds. The van der Waals surface area contributed by atoms with Crippen molar-refractivity contribution >= 4 is 27.3 Å². The highest BCUT2D eigenvalue weighted by Crippen LogP contribution is 2.37. The SMILES string of the molecule is Cc1ccc(S(=O)(=O)N2c3cc(C)ccc3CCC2CCc2ccc(Cl)cc2F)cc1. The first-order chi connectivity index (χ1) is 14.8. The number of aryl methyl sites for hydroxylation is 4. The van der Waals surface area contributed by atoms with Crippen LogP contribution >= 0.6 is 11.6 Å². The minimum atomic E-state index is -3.76. The van der Waals surface area contributed by atoms with E-state index in [9.17, 15) is 12.8 Å². The molecular weight excluding hydrogens is 433 g/mol. The van der Waals surface area contributed by atoms with Gasteiger partial charge in [0, 0.05) is 11.1 Å². The minimum Gasteiger partial charge on any atom is -0.263 e. The maximum absolute atomic E-state index is 14.3. The first kappa shape index (κ1) is 21.8. The topological polar surface area (TPSA) is 37.4 Å². The Hall–Kier alpha value is -2.37. The van der Waals surface area contributed by atoms with Gasteiger partial charge in [0.15, 0.2) is 0 Å². The van der Waals surface area contributed by atoms with Gasteiger partial charge in [0.25, 0.3) is 10.0 Å². The number of fused-ring (bicyclic) bond motifs is 1. The fraction of sp³-hybridized carbons (Fsp3) is 0.280. The number of benzene rings is 3. The van der Waals surface area contributed by atoms with Crippen LogP contribution in [0.25, 0.3) is 0 Å². The Bertz CT molecular complexity index is 1210. The smallest absolute Gasteiger partial charge is 0.263 e. The summed E-state index contributed by atoms with van der Waals surface area (Å²) in [4.78, 5) is 0.273. The molecule has 1 aliphatic heterocycles. The Kier molecular flexibility index (Phi) is 6.09. The highest BCUT2D eigenvalue weighted by Gasteiger charge is 2.36. The summed E-state index contributed by atoms with van der Waals surface area (Å²) in [6.45, 7) is 3.89. The third-order valence-corrected chi connectivity index (χ3v) is 8.01. The number of rotatable bonds is 5. The van der Waals surface area contributed by atoms with Crippen LogP contribution in [-0.4, -0.2) is 14.5 Å². The Morgan fingerprint density at radius 1 is 1.00 bits per heavy atom. The maximum Gasteiger partial charge on any atom is 0.264 e. The average Bonchev–Trinajstić information content (AvgIpc) is 2.72. The van der Waals surface area contributed by atoms with Crippen molar-refractivity contribution in [3.63, 3.8) is 0 Å². The van der Waals surface area contributed by atoms with Gasteiger partial charge in [0.1, 0.15) is 5.82 Å². The van der Waals surface area contributed by atoms with Crippen molar-refractivity contribution in [2.45, 2.75) is 50.5 Å². The number of halogens is 2. The van der Waals surface area contributed by atoms with Gasteiger partial charge in [-0.3, -0.25) is 4.31 Å². The Morgan fingerprint density at radius 2 is 1.71 bits per heavy atom. The monoisotopic (exact) mass is 457 g/mol. The summed E-state index contributed by atoms with van der Waals surface area (Å²) in [7, 11) is -3.76. The molecule has 4 rings (SSSR count). The van der Waals surface area contributed by atoms with Crippen molar-refractivity contribution in [1.82, 2.24) is 0 Å². The molecule has 3 nitrogen and oxygen atoms in total. The summed E-state index contributed by atoms with van der Waals surface area (Å²) in [5.74, 6) is -0.354. The van der Waals surface area contributed by atoms with Gasteiger partial charge in [-0.2, -0.15) is 0 Å². The van der Waals surface area contributed by atoms with Crippen molar-refractivity contribution in [2.24, 2.45) is 0 Å². The quantitative estimate of drug-likeness (QED) is 0.454. The van der Waals surface area contributed by atoms with Crippen LogP contribution in [-0.2, 0) is 22.9 Å². The second-order valence-electron chi connectivity index (χ2n) is 8.21. The molecule has 1 aliphatic rings. The zero-order chi connectivity index (χ0) is 22.2. The molecular formula is C25H25ClFNO2S. The van der Waals surface area contributed by atoms with Crippen molar-refractivity contribution in [3.05, 3.63) is 93.8 Å². The third-order valence-electron chi connectivity index (χ3n) is 5.90. The van der Waals surface area contributed by atoms with Gasteiger partial charge in [0.2, 0.25) is 0 Å². The zero-order valence-corrected chi connectivity index (χ0v) is 19.2. The number of anilines is 1. The van der Waals surface area contributed by atoms with Crippen molar-refractivity contribution in [2.75, 3.05) is 4.31 Å². The van der Waals surface area contributed by atoms with Crippen molar-refractivity contribution in [3.8, 4) is 0 Å². The Labute approximate surface area is 188 Å². The second kappa shape index (κ2) is 8.64. The summed E-state index contributed by atoms with van der Waals surface area (Å²) in [6.07, 6.45) is 2.45. The summed E-state index contributed by atoms with van der Waals surface area (Å²) < 4.78 is 43.4. The van der Waals surface area contributed by atoms with Crippen LogP contribution in [0.4, 0.5) is 10.1 Å². The van der Waals surface area contributed by atoms with E-state index in [0.29, 0.717) is 29.8 Å². The molecule has 1 unspecified atom stereocenters. The van der Waals surface area contributed by atoms with E-state index >= 15 is 0 Å². The highest BCUT2D eigenvalue weighted by atomic mass is 35.5. The summed E-state index contributed by atoms with van der Waals surface area (Å²) in [5, 5.41) is 0.354. The van der Waals surface area contributed by atoms with Crippen LogP contribution in [0.15, 0.2) is 65.6 Å². The fourth-order valence-corrected chi connectivity index (χ4v) is 6.08. The molecule has 0 saturated heterocycles. The molecule has 0 spiro atoms. The second-order valence-corrected chi connectivity index (χ2v) is 10.5. The van der Waals surface area contributed by atoms with E-state index in [1.54, 1.807) is 28.6 Å². The molecule has 0 N–H and O–H groups in total. The van der Waals surface area contributed by atoms with Crippen LogP contribution < -0.4 is 4.31 Å². The maximum atomic E-state index is 14.3. The number of hydrogen-bond donors (Lipinski definition) is 0. The van der Waals surface area contributed by atoms with E-state index in [1.807, 2.05) is 44.2 Å². The standard InChI is InChI=1S/C25H25ClFNO2S/c1-17-4-13-23(14-5-17)31(29,30)28-22(11-8-19-7-10-21(26)16-24(19)27)12-9-20-6-3-18(2)15-25(20)28/h3-7,10,13-16,22H,8-9,11-12H2,1-2H3. The zero-order valence-electron chi connectivity index (χ0n) is 17.6. The van der Waals surface area contributed by atoms with Crippen LogP contribution in [0, 0.1) is 19.7 Å². The lowest BCUT2D eigenvalue weighted by atomic mass is 9.93. The van der Waals surface area contributed by atoms with E-state index in [2.05, 4.69) is 0 Å². The molecule has 6 heteroatoms. The Balaban J connectivity index is 1.72. The van der Waals surface area contributed by atoms with Gasteiger partial charge in [-0.25, -0.2) is 12.8 Å². The molecule has 3 aromatic rings. The molecule has 0 saturated carbocycles. The number of nitrogens with zero attached hydrogens (tertiary/aromatic N) is 1. The summed E-state index contributed by atoms with van der Waals surface area (Å²) in [5.41, 5.74) is 4.31. The molecule has 1 heterocycles. The van der Waals surface area contributed by atoms with E-state index in [4.69, 9.17) is 11.6 Å². The van der Waals surface area contributed by atoms with Gasteiger partial charge in [-0.15, -0.1) is 0 Å². The molecule has 0 bridgehead atoms. The molecule has 0 fully saturated rings. The van der Waals surface area contributed by atoms with E-state index in [1.165, 1.54) is 6.07 Å². The van der Waals surface area contributed by atoms with Gasteiger partial charge < -0.3 is 0 Å². The molecule has 0 radical (unpaired) electrons. The number of sulfonamides is 1. The van der Waals surface area contributed by atoms with E-state index < -0.39 is 10.0 Å². The molecule has 3 aromatic carbocycles. The summed E-state index contributed by atoms with van der Waals surface area (Å²) >= 11 is 5.87. The van der Waals surface area contributed by atoms with Gasteiger partial charge in [-0.05, 0) is 86.6 Å². The average molecular weight is 458 g/mol. The minimum absolute atomic E-state index is 0.254. The fourth-order valence-electron chi connectivity index (χ4n) is 4.18. The van der Waals surface area contributed by atoms with Gasteiger partial charge in [0.05, 0.1) is 10.6 Å². The Morgan fingerprint density at radius 3 is 2.42 bits per heavy atom. The van der Waals surface area contributed by atoms with Crippen LogP contribution in [0.2, 0.25) is 5.02 Å². The number of hydrogen-bond acceptors (Lipinski definition) is 2. The molecule has 0 aromatic heterocycles. The van der Waals surface area contributed by atoms with E-state index in [-0.39, 0.29) is 16.8 Å². The largest absolute Gasteiger partial charge is 0.264 e. The van der Waals surface area contributed by atoms with E-state index in [0.717, 1.165) is 28.8 Å². The molecule has 31 heavy (non-hydrogen) atoms. The first-order valence-electron chi connectivity index (χ1n) is 10.4. The molecule has 1 atom stereocenters. The lowest BCUT2D eigenvalue weighted by molar-refractivity contribution is 0.517. The van der Waals surface area contributed by atoms with Crippen LogP contribution in [0.3, 0.4) is 0 Å². The lowest BCUT2D eigenvalue weighted by Crippen LogP contribution is -2.44. The normalized spacial score (nSPS) is 16.3. The van der Waals surface area contributed by atoms with Gasteiger partial charge >= 0.3 is 0 Å². The van der Waals surface area contributed by atoms with Crippen LogP contribution in [0.5, 0.6) is 0 Å². The molecule has 162 valence electrons. The van der Waals surface area contributed by atoms with Crippen LogP contribution in [0.1, 0.15) is 35.1 Å². The lowest BCUT2D eigenvalue weighted by Gasteiger charge is -2.38. The highest BCUT2D eigenvalue weighted by molar-refractivity contribution is 7.92. The van der Waals surface area contributed by atoms with Gasteiger partial charge in [-0.1, -0.05) is 47.5 Å². The predicted octanol–water partition coefficient (Wildman–Crippen LogP) is 6.24. The molecule has 0 aliphatic carbocycles. The third kappa shape index (κ3) is 4.48. The predicted molar refractivity (Wildman–Crippen MR) is 124 cm³/mol. The van der Waals surface area contributed by atoms with Crippen molar-refractivity contribution < 1.29 is 12.8 Å².